The lowest BCUT2D eigenvalue weighted by Crippen LogP contribution is -1.51. The van der Waals surface area contributed by atoms with E-state index in [1.807, 2.05) is 25.3 Å². The molecule has 0 nitrogen and oxygen atoms in total. The highest BCUT2D eigenvalue weighted by molar-refractivity contribution is 8.05. The maximum atomic E-state index is 3.70. The van der Waals surface area contributed by atoms with Gasteiger partial charge in [-0.25, -0.2) is 0 Å². The molecule has 0 bridgehead atoms. The lowest BCUT2D eigenvalue weighted by Gasteiger charge is -1.84. The van der Waals surface area contributed by atoms with Crippen molar-refractivity contribution in [1.29, 1.82) is 0 Å². The van der Waals surface area contributed by atoms with E-state index >= 15 is 0 Å². The molecule has 0 heterocycles. The SMILES string of the molecule is C=C(C)S/C=C/C. The van der Waals surface area contributed by atoms with Gasteiger partial charge < -0.3 is 0 Å². The second kappa shape index (κ2) is 4.00. The Hall–Kier alpha value is -0.170. The first kappa shape index (κ1) is 6.83. The van der Waals surface area contributed by atoms with Crippen molar-refractivity contribution >= 4 is 11.8 Å². The molecule has 0 radical (unpaired) electrons. The summed E-state index contributed by atoms with van der Waals surface area (Å²) in [5.74, 6) is 0. The fourth-order valence-corrected chi connectivity index (χ4v) is 0.553. The van der Waals surface area contributed by atoms with Gasteiger partial charge >= 0.3 is 0 Å². The van der Waals surface area contributed by atoms with Gasteiger partial charge in [-0.15, -0.1) is 11.8 Å². The minimum Gasteiger partial charge on any atom is -0.104 e. The van der Waals surface area contributed by atoms with Crippen LogP contribution in [0.15, 0.2) is 23.0 Å². The third-order valence-corrected chi connectivity index (χ3v) is 1.22. The summed E-state index contributed by atoms with van der Waals surface area (Å²) in [4.78, 5) is 1.14. The van der Waals surface area contributed by atoms with Crippen LogP contribution in [0.25, 0.3) is 0 Å². The zero-order chi connectivity index (χ0) is 5.70. The van der Waals surface area contributed by atoms with Crippen molar-refractivity contribution in [2.24, 2.45) is 0 Å². The monoisotopic (exact) mass is 114 g/mol. The van der Waals surface area contributed by atoms with Crippen LogP contribution in [-0.2, 0) is 0 Å². The number of hydrogen-bond donors (Lipinski definition) is 0. The van der Waals surface area contributed by atoms with E-state index in [2.05, 4.69) is 6.58 Å². The molecule has 0 spiro atoms. The summed E-state index contributed by atoms with van der Waals surface area (Å²) in [6.07, 6.45) is 2.00. The predicted octanol–water partition coefficient (Wildman–Crippen LogP) is 2.79. The molecule has 0 atom stereocenters. The fraction of sp³-hybridized carbons (Fsp3) is 0.333. The molecule has 0 aliphatic heterocycles. The van der Waals surface area contributed by atoms with Gasteiger partial charge in [0, 0.05) is 0 Å². The molecule has 0 aromatic heterocycles. The van der Waals surface area contributed by atoms with E-state index < -0.39 is 0 Å². The van der Waals surface area contributed by atoms with Crippen LogP contribution in [-0.4, -0.2) is 0 Å². The largest absolute Gasteiger partial charge is 0.104 e. The summed E-state index contributed by atoms with van der Waals surface area (Å²) >= 11 is 1.66. The lowest BCUT2D eigenvalue weighted by molar-refractivity contribution is 1.73. The fourth-order valence-electron chi connectivity index (χ4n) is 0.184. The Morgan fingerprint density at radius 2 is 2.29 bits per heavy atom. The molecule has 40 valence electrons. The summed E-state index contributed by atoms with van der Waals surface area (Å²) < 4.78 is 0. The van der Waals surface area contributed by atoms with Crippen LogP contribution in [0, 0.1) is 0 Å². The summed E-state index contributed by atoms with van der Waals surface area (Å²) in [7, 11) is 0. The highest BCUT2D eigenvalue weighted by Gasteiger charge is 1.73. The van der Waals surface area contributed by atoms with E-state index in [4.69, 9.17) is 0 Å². The van der Waals surface area contributed by atoms with Crippen molar-refractivity contribution in [3.05, 3.63) is 23.0 Å². The maximum absolute atomic E-state index is 3.70. The van der Waals surface area contributed by atoms with Crippen LogP contribution < -0.4 is 0 Å². The Balaban J connectivity index is 3.14. The molecule has 0 aliphatic rings. The molecule has 0 saturated carbocycles. The van der Waals surface area contributed by atoms with E-state index in [1.54, 1.807) is 11.8 Å². The van der Waals surface area contributed by atoms with Crippen molar-refractivity contribution in [2.45, 2.75) is 13.8 Å². The van der Waals surface area contributed by atoms with Crippen LogP contribution in [0.1, 0.15) is 13.8 Å². The van der Waals surface area contributed by atoms with E-state index in [9.17, 15) is 0 Å². The van der Waals surface area contributed by atoms with E-state index in [-0.39, 0.29) is 0 Å². The van der Waals surface area contributed by atoms with Crippen LogP contribution in [0.2, 0.25) is 0 Å². The minimum atomic E-state index is 1.14. The van der Waals surface area contributed by atoms with Gasteiger partial charge in [-0.05, 0) is 24.2 Å². The Bertz CT molecular complexity index is 82.2. The van der Waals surface area contributed by atoms with Gasteiger partial charge in [0.1, 0.15) is 0 Å². The smallest absolute Gasteiger partial charge is 0.0211 e. The van der Waals surface area contributed by atoms with Crippen molar-refractivity contribution in [2.75, 3.05) is 0 Å². The first-order valence-electron chi connectivity index (χ1n) is 2.20. The Kier molecular flexibility index (Phi) is 3.90. The molecule has 0 aromatic carbocycles. The van der Waals surface area contributed by atoms with Crippen LogP contribution >= 0.6 is 11.8 Å². The lowest BCUT2D eigenvalue weighted by atomic mass is 10.8. The topological polar surface area (TPSA) is 0 Å². The van der Waals surface area contributed by atoms with Gasteiger partial charge in [0.25, 0.3) is 0 Å². The van der Waals surface area contributed by atoms with Crippen LogP contribution in [0.4, 0.5) is 0 Å². The number of hydrogen-bond acceptors (Lipinski definition) is 1. The van der Waals surface area contributed by atoms with Crippen LogP contribution in [0.5, 0.6) is 0 Å². The molecule has 0 fully saturated rings. The van der Waals surface area contributed by atoms with Crippen molar-refractivity contribution in [3.63, 3.8) is 0 Å². The quantitative estimate of drug-likeness (QED) is 0.532. The van der Waals surface area contributed by atoms with E-state index in [0.29, 0.717) is 0 Å². The van der Waals surface area contributed by atoms with Crippen molar-refractivity contribution in [1.82, 2.24) is 0 Å². The molecule has 0 saturated heterocycles. The Morgan fingerprint density at radius 3 is 2.43 bits per heavy atom. The molecule has 0 unspecified atom stereocenters. The number of rotatable bonds is 2. The zero-order valence-corrected chi connectivity index (χ0v) is 5.59. The maximum Gasteiger partial charge on any atom is -0.0211 e. The molecular formula is C6H10S. The Labute approximate surface area is 49.3 Å². The number of allylic oxidation sites excluding steroid dienone is 2. The summed E-state index contributed by atoms with van der Waals surface area (Å²) in [5.41, 5.74) is 0. The zero-order valence-electron chi connectivity index (χ0n) is 4.77. The predicted molar refractivity (Wildman–Crippen MR) is 37.2 cm³/mol. The van der Waals surface area contributed by atoms with Crippen molar-refractivity contribution in [3.8, 4) is 0 Å². The normalized spacial score (nSPS) is 10.0. The van der Waals surface area contributed by atoms with Gasteiger partial charge in [0.05, 0.1) is 0 Å². The van der Waals surface area contributed by atoms with Gasteiger partial charge in [0.15, 0.2) is 0 Å². The van der Waals surface area contributed by atoms with E-state index in [0.717, 1.165) is 4.91 Å². The standard InChI is InChI=1S/C6H10S/c1-4-5-7-6(2)3/h4-5H,2H2,1,3H3/b5-4+. The van der Waals surface area contributed by atoms with Crippen molar-refractivity contribution < 1.29 is 0 Å². The molecule has 0 aliphatic carbocycles. The molecule has 0 amide bonds. The number of thioether (sulfide) groups is 1. The average Bonchev–Trinajstić information content (AvgIpc) is 1.61. The third kappa shape index (κ3) is 5.83. The first-order valence-corrected chi connectivity index (χ1v) is 3.08. The molecular weight excluding hydrogens is 104 g/mol. The van der Waals surface area contributed by atoms with E-state index in [1.165, 1.54) is 0 Å². The second-order valence-corrected chi connectivity index (χ2v) is 2.49. The minimum absolute atomic E-state index is 1.14. The molecule has 0 aromatic rings. The third-order valence-electron chi connectivity index (χ3n) is 0.405. The Morgan fingerprint density at radius 1 is 1.71 bits per heavy atom. The van der Waals surface area contributed by atoms with Crippen LogP contribution in [0.3, 0.4) is 0 Å². The molecule has 0 rings (SSSR count). The van der Waals surface area contributed by atoms with Gasteiger partial charge in [-0.3, -0.25) is 0 Å². The molecule has 0 N–H and O–H groups in total. The summed E-state index contributed by atoms with van der Waals surface area (Å²) in [5, 5.41) is 2.02. The van der Waals surface area contributed by atoms with Gasteiger partial charge in [0.2, 0.25) is 0 Å². The summed E-state index contributed by atoms with van der Waals surface area (Å²) in [6.45, 7) is 7.69. The summed E-state index contributed by atoms with van der Waals surface area (Å²) in [6, 6.07) is 0. The second-order valence-electron chi connectivity index (χ2n) is 1.29. The molecule has 1 heteroatoms. The highest BCUT2D eigenvalue weighted by Crippen LogP contribution is 2.11. The van der Waals surface area contributed by atoms with Gasteiger partial charge in [-0.2, -0.15) is 0 Å². The molecule has 7 heavy (non-hydrogen) atoms. The average molecular weight is 114 g/mol. The highest BCUT2D eigenvalue weighted by atomic mass is 32.2. The first-order chi connectivity index (χ1) is 3.27. The van der Waals surface area contributed by atoms with Gasteiger partial charge in [-0.1, -0.05) is 12.7 Å².